The average molecular weight is 679 g/mol. The van der Waals surface area contributed by atoms with E-state index in [0.29, 0.717) is 5.92 Å². The summed E-state index contributed by atoms with van der Waals surface area (Å²) in [5.74, 6) is 1.19. The van der Waals surface area contributed by atoms with E-state index in [4.69, 9.17) is 9.97 Å². The molecule has 1 unspecified atom stereocenters. The highest BCUT2D eigenvalue weighted by Crippen LogP contribution is 2.45. The van der Waals surface area contributed by atoms with Crippen LogP contribution < -0.4 is 0 Å². The topological polar surface area (TPSA) is 35.6 Å². The first-order chi connectivity index (χ1) is 26.2. The highest BCUT2D eigenvalue weighted by atomic mass is 15.1. The third-order valence-corrected chi connectivity index (χ3v) is 11.1. The van der Waals surface area contributed by atoms with Crippen LogP contribution in [0, 0.1) is 0 Å². The number of hydrogen-bond acceptors (Lipinski definition) is 2. The summed E-state index contributed by atoms with van der Waals surface area (Å²) in [5, 5.41) is 6.33. The average Bonchev–Trinajstić information content (AvgIpc) is 3.73. The molecule has 10 aromatic rings. The molecule has 0 saturated heterocycles. The van der Waals surface area contributed by atoms with E-state index in [1.165, 1.54) is 60.3 Å². The van der Waals surface area contributed by atoms with E-state index in [2.05, 4.69) is 174 Å². The standard InChI is InChI=1S/C49H34N4/c1-31-13-12-22-42-46(31)38-29-39-44(52(36-17-6-3-7-18-36)43-28-27-34-16-8-9-19-37(34)47(39)43)30-45(38)53(42)49-48(50-40-20-10-11-21-41(40)51-49)35-25-23-33(24-26-35)32-14-4-2-5-15-32/h2-12,14-31H,13H2,1H3. The van der Waals surface area contributed by atoms with Crippen molar-refractivity contribution < 1.29 is 0 Å². The monoisotopic (exact) mass is 678 g/mol. The van der Waals surface area contributed by atoms with E-state index in [9.17, 15) is 0 Å². The van der Waals surface area contributed by atoms with Gasteiger partial charge < -0.3 is 4.57 Å². The van der Waals surface area contributed by atoms with Crippen molar-refractivity contribution in [3.63, 3.8) is 0 Å². The molecule has 0 radical (unpaired) electrons. The summed E-state index contributed by atoms with van der Waals surface area (Å²) in [5.41, 5.74) is 13.2. The number of rotatable bonds is 4. The first-order valence-electron chi connectivity index (χ1n) is 18.4. The van der Waals surface area contributed by atoms with Gasteiger partial charge in [-0.05, 0) is 88.3 Å². The maximum Gasteiger partial charge on any atom is 0.165 e. The van der Waals surface area contributed by atoms with Gasteiger partial charge in [0.15, 0.2) is 5.82 Å². The Balaban J connectivity index is 1.26. The Bertz CT molecular complexity index is 3080. The van der Waals surface area contributed by atoms with Crippen LogP contribution in [0.5, 0.6) is 0 Å². The van der Waals surface area contributed by atoms with Gasteiger partial charge >= 0.3 is 0 Å². The SMILES string of the molecule is CC1CC=Cc2c1c1cc3c4c5ccccc5ccc4n(-c4ccccc4)c3cc1n2-c1nc2ccccc2nc1-c1ccc(-c2ccccc2)cc1. The molecule has 4 nitrogen and oxygen atoms in total. The fourth-order valence-electron chi connectivity index (χ4n) is 8.67. The Kier molecular flexibility index (Phi) is 6.56. The molecule has 0 fully saturated rings. The maximum atomic E-state index is 5.46. The molecule has 0 amide bonds. The van der Waals surface area contributed by atoms with Crippen LogP contribution >= 0.6 is 0 Å². The van der Waals surface area contributed by atoms with E-state index in [1.54, 1.807) is 0 Å². The first-order valence-corrected chi connectivity index (χ1v) is 18.4. The smallest absolute Gasteiger partial charge is 0.165 e. The van der Waals surface area contributed by atoms with Crippen molar-refractivity contribution >= 4 is 60.6 Å². The molecule has 1 atom stereocenters. The molecule has 7 aromatic carbocycles. The Labute approximate surface area is 306 Å². The highest BCUT2D eigenvalue weighted by Gasteiger charge is 2.28. The normalized spacial score (nSPS) is 14.2. The number of para-hydroxylation sites is 3. The van der Waals surface area contributed by atoms with Crippen molar-refractivity contribution in [2.75, 3.05) is 0 Å². The molecular formula is C49H34N4. The second kappa shape index (κ2) is 11.6. The van der Waals surface area contributed by atoms with Crippen LogP contribution in [0.15, 0.2) is 164 Å². The fraction of sp³-hybridized carbons (Fsp3) is 0.0612. The predicted molar refractivity (Wildman–Crippen MR) is 221 cm³/mol. The lowest BCUT2D eigenvalue weighted by Gasteiger charge is -2.18. The van der Waals surface area contributed by atoms with Crippen LogP contribution in [-0.4, -0.2) is 19.1 Å². The summed E-state index contributed by atoms with van der Waals surface area (Å²) < 4.78 is 4.82. The van der Waals surface area contributed by atoms with Crippen LogP contribution in [0.2, 0.25) is 0 Å². The second-order valence-corrected chi connectivity index (χ2v) is 14.2. The molecule has 0 spiro atoms. The Morgan fingerprint density at radius 3 is 2.00 bits per heavy atom. The van der Waals surface area contributed by atoms with Crippen LogP contribution in [0.4, 0.5) is 0 Å². The number of benzene rings is 7. The second-order valence-electron chi connectivity index (χ2n) is 14.2. The molecule has 3 heterocycles. The van der Waals surface area contributed by atoms with Gasteiger partial charge in [-0.1, -0.05) is 128 Å². The molecule has 0 bridgehead atoms. The van der Waals surface area contributed by atoms with E-state index in [-0.39, 0.29) is 0 Å². The van der Waals surface area contributed by atoms with Crippen molar-refractivity contribution in [1.29, 1.82) is 0 Å². The number of fused-ring (bicyclic) bond motifs is 9. The third-order valence-electron chi connectivity index (χ3n) is 11.1. The van der Waals surface area contributed by atoms with Gasteiger partial charge in [0.2, 0.25) is 0 Å². The van der Waals surface area contributed by atoms with Crippen molar-refractivity contribution in [2.24, 2.45) is 0 Å². The lowest BCUT2D eigenvalue weighted by atomic mass is 9.90. The molecular weight excluding hydrogens is 645 g/mol. The Hall–Kier alpha value is -6.78. The maximum absolute atomic E-state index is 5.46. The lowest BCUT2D eigenvalue weighted by Crippen LogP contribution is -2.07. The molecule has 11 rings (SSSR count). The van der Waals surface area contributed by atoms with E-state index in [1.807, 2.05) is 12.1 Å². The van der Waals surface area contributed by atoms with Gasteiger partial charge in [-0.15, -0.1) is 0 Å². The van der Waals surface area contributed by atoms with E-state index < -0.39 is 0 Å². The van der Waals surface area contributed by atoms with Crippen molar-refractivity contribution in [3.05, 3.63) is 175 Å². The molecule has 250 valence electrons. The van der Waals surface area contributed by atoms with Crippen LogP contribution in [0.25, 0.3) is 94.5 Å². The van der Waals surface area contributed by atoms with Crippen molar-refractivity contribution in [2.45, 2.75) is 19.3 Å². The summed E-state index contributed by atoms with van der Waals surface area (Å²) in [6.45, 7) is 2.36. The van der Waals surface area contributed by atoms with Crippen molar-refractivity contribution in [1.82, 2.24) is 19.1 Å². The van der Waals surface area contributed by atoms with Gasteiger partial charge in [-0.3, -0.25) is 4.57 Å². The largest absolute Gasteiger partial charge is 0.309 e. The van der Waals surface area contributed by atoms with Crippen LogP contribution in [-0.2, 0) is 0 Å². The molecule has 1 aliphatic carbocycles. The summed E-state index contributed by atoms with van der Waals surface area (Å²) in [6, 6.07) is 56.5. The Morgan fingerprint density at radius 2 is 1.19 bits per heavy atom. The zero-order chi connectivity index (χ0) is 35.0. The molecule has 53 heavy (non-hydrogen) atoms. The minimum atomic E-state index is 0.345. The summed E-state index contributed by atoms with van der Waals surface area (Å²) in [6.07, 6.45) is 5.62. The summed E-state index contributed by atoms with van der Waals surface area (Å²) >= 11 is 0. The van der Waals surface area contributed by atoms with E-state index in [0.717, 1.165) is 45.7 Å². The molecule has 3 aromatic heterocycles. The highest BCUT2D eigenvalue weighted by molar-refractivity contribution is 6.23. The predicted octanol–water partition coefficient (Wildman–Crippen LogP) is 12.7. The van der Waals surface area contributed by atoms with Gasteiger partial charge in [0.05, 0.1) is 33.3 Å². The molecule has 0 saturated carbocycles. The minimum Gasteiger partial charge on any atom is -0.309 e. The van der Waals surface area contributed by atoms with Gasteiger partial charge in [-0.2, -0.15) is 0 Å². The zero-order valence-corrected chi connectivity index (χ0v) is 29.2. The van der Waals surface area contributed by atoms with Crippen molar-refractivity contribution in [3.8, 4) is 33.9 Å². The van der Waals surface area contributed by atoms with Gasteiger partial charge in [0.1, 0.15) is 5.69 Å². The quantitative estimate of drug-likeness (QED) is 0.186. The first kappa shape index (κ1) is 29.9. The summed E-state index contributed by atoms with van der Waals surface area (Å²) in [4.78, 5) is 10.8. The van der Waals surface area contributed by atoms with Gasteiger partial charge in [0, 0.05) is 27.4 Å². The van der Waals surface area contributed by atoms with Gasteiger partial charge in [0.25, 0.3) is 0 Å². The Morgan fingerprint density at radius 1 is 0.528 bits per heavy atom. The molecule has 0 aliphatic heterocycles. The number of allylic oxidation sites excluding steroid dienone is 1. The van der Waals surface area contributed by atoms with E-state index >= 15 is 0 Å². The number of aromatic nitrogens is 4. The third kappa shape index (κ3) is 4.55. The number of nitrogens with zero attached hydrogens (tertiary/aromatic N) is 4. The molecule has 1 aliphatic rings. The van der Waals surface area contributed by atoms with Gasteiger partial charge in [-0.25, -0.2) is 9.97 Å². The summed E-state index contributed by atoms with van der Waals surface area (Å²) in [7, 11) is 0. The zero-order valence-electron chi connectivity index (χ0n) is 29.2. The van der Waals surface area contributed by atoms with Crippen LogP contribution in [0.1, 0.15) is 30.5 Å². The fourth-order valence-corrected chi connectivity index (χ4v) is 8.67. The molecule has 0 N–H and O–H groups in total. The number of hydrogen-bond donors (Lipinski definition) is 0. The minimum absolute atomic E-state index is 0.345. The lowest BCUT2D eigenvalue weighted by molar-refractivity contribution is 0.772. The van der Waals surface area contributed by atoms with Crippen LogP contribution in [0.3, 0.4) is 0 Å². The molecule has 4 heteroatoms.